The Morgan fingerprint density at radius 2 is 1.92 bits per heavy atom. The van der Waals surface area contributed by atoms with Crippen LogP contribution in [0.2, 0.25) is 5.02 Å². The Bertz CT molecular complexity index is 750. The third-order valence-corrected chi connectivity index (χ3v) is 5.03. The molecular weight excluding hydrogens is 344 g/mol. The number of Topliss-reactive ketones (excluding diaryl/α,β-unsaturated/α-hetero) is 1. The minimum Gasteiger partial charge on any atom is -0.464 e. The molecular formula is C19H21ClO5. The van der Waals surface area contributed by atoms with Crippen LogP contribution in [0.5, 0.6) is 0 Å². The van der Waals surface area contributed by atoms with Crippen molar-refractivity contribution in [2.45, 2.75) is 44.8 Å². The van der Waals surface area contributed by atoms with E-state index in [1.54, 1.807) is 24.3 Å². The molecule has 0 spiro atoms. The largest absolute Gasteiger partial charge is 0.464 e. The Morgan fingerprint density at radius 3 is 2.52 bits per heavy atom. The minimum absolute atomic E-state index is 0.0156. The molecule has 0 radical (unpaired) electrons. The van der Waals surface area contributed by atoms with E-state index in [0.717, 1.165) is 5.56 Å². The van der Waals surface area contributed by atoms with Gasteiger partial charge < -0.3 is 14.6 Å². The highest BCUT2D eigenvalue weighted by Crippen LogP contribution is 2.49. The number of ether oxygens (including phenoxy) is 2. The van der Waals surface area contributed by atoms with Gasteiger partial charge in [-0.3, -0.25) is 4.79 Å². The van der Waals surface area contributed by atoms with Crippen LogP contribution in [0, 0.1) is 5.41 Å². The van der Waals surface area contributed by atoms with E-state index in [0.29, 0.717) is 29.2 Å². The Morgan fingerprint density at radius 1 is 1.28 bits per heavy atom. The summed E-state index contributed by atoms with van der Waals surface area (Å²) in [6, 6.07) is 7.05. The molecule has 1 unspecified atom stereocenters. The first-order valence-corrected chi connectivity index (χ1v) is 8.54. The maximum Gasteiger partial charge on any atom is 0.379 e. The maximum atomic E-state index is 12.8. The lowest BCUT2D eigenvalue weighted by Crippen LogP contribution is -2.48. The number of allylic oxidation sites excluding steroid dienone is 2. The fourth-order valence-electron chi connectivity index (χ4n) is 3.65. The smallest absolute Gasteiger partial charge is 0.379 e. The van der Waals surface area contributed by atoms with Gasteiger partial charge in [-0.2, -0.15) is 0 Å². The number of ketones is 1. The third-order valence-electron chi connectivity index (χ3n) is 4.78. The van der Waals surface area contributed by atoms with Gasteiger partial charge in [-0.05, 0) is 23.1 Å². The van der Waals surface area contributed by atoms with Crippen molar-refractivity contribution in [3.8, 4) is 0 Å². The van der Waals surface area contributed by atoms with E-state index in [2.05, 4.69) is 0 Å². The van der Waals surface area contributed by atoms with Gasteiger partial charge in [-0.15, -0.1) is 0 Å². The number of methoxy groups -OCH3 is 1. The van der Waals surface area contributed by atoms with E-state index >= 15 is 0 Å². The standard InChI is InChI=1S/C19H21ClO5/c1-18(2)9-14(21)16-13(11-4-6-12(20)7-5-11)8-19(23,17(22)24-3)25-15(16)10-18/h4-7,13,23H,8-10H2,1-3H3/t13-,19?/m1/s1. The zero-order chi connectivity index (χ0) is 18.4. The van der Waals surface area contributed by atoms with Crippen LogP contribution >= 0.6 is 11.6 Å². The summed E-state index contributed by atoms with van der Waals surface area (Å²) < 4.78 is 10.3. The van der Waals surface area contributed by atoms with Gasteiger partial charge in [-0.1, -0.05) is 37.6 Å². The van der Waals surface area contributed by atoms with E-state index in [4.69, 9.17) is 21.1 Å². The average molecular weight is 365 g/mol. The molecule has 0 aromatic heterocycles. The topological polar surface area (TPSA) is 72.8 Å². The first kappa shape index (κ1) is 18.0. The summed E-state index contributed by atoms with van der Waals surface area (Å²) in [7, 11) is 1.20. The summed E-state index contributed by atoms with van der Waals surface area (Å²) in [5, 5.41) is 11.3. The van der Waals surface area contributed by atoms with Gasteiger partial charge >= 0.3 is 11.8 Å². The third kappa shape index (κ3) is 3.31. The summed E-state index contributed by atoms with van der Waals surface area (Å²) >= 11 is 5.96. The zero-order valence-electron chi connectivity index (χ0n) is 14.5. The summed E-state index contributed by atoms with van der Waals surface area (Å²) in [6.07, 6.45) is 0.791. The lowest BCUT2D eigenvalue weighted by atomic mass is 9.70. The van der Waals surface area contributed by atoms with Gasteiger partial charge in [0.05, 0.1) is 7.11 Å². The van der Waals surface area contributed by atoms with E-state index in [1.807, 2.05) is 13.8 Å². The first-order chi connectivity index (χ1) is 11.6. The summed E-state index contributed by atoms with van der Waals surface area (Å²) in [6.45, 7) is 3.92. The quantitative estimate of drug-likeness (QED) is 0.815. The van der Waals surface area contributed by atoms with Gasteiger partial charge in [0.25, 0.3) is 0 Å². The van der Waals surface area contributed by atoms with Crippen molar-refractivity contribution in [1.82, 2.24) is 0 Å². The number of esters is 1. The number of carbonyl (C=O) groups is 2. The predicted octanol–water partition coefficient (Wildman–Crippen LogP) is 3.35. The zero-order valence-corrected chi connectivity index (χ0v) is 15.2. The van der Waals surface area contributed by atoms with Crippen LogP contribution in [0.3, 0.4) is 0 Å². The number of carbonyl (C=O) groups excluding carboxylic acids is 2. The van der Waals surface area contributed by atoms with Gasteiger partial charge in [0.2, 0.25) is 0 Å². The van der Waals surface area contributed by atoms with Gasteiger partial charge in [0.15, 0.2) is 5.78 Å². The Hall–Kier alpha value is -1.85. The average Bonchev–Trinajstić information content (AvgIpc) is 2.52. The fourth-order valence-corrected chi connectivity index (χ4v) is 3.77. The van der Waals surface area contributed by atoms with Crippen LogP contribution in [-0.4, -0.2) is 29.8 Å². The Labute approximate surface area is 151 Å². The number of halogens is 1. The monoisotopic (exact) mass is 364 g/mol. The molecule has 2 atom stereocenters. The molecule has 1 N–H and O–H groups in total. The van der Waals surface area contributed by atoms with Crippen molar-refractivity contribution in [1.29, 1.82) is 0 Å². The molecule has 1 aromatic rings. The molecule has 1 heterocycles. The Kier molecular flexibility index (Phi) is 4.41. The number of aliphatic hydroxyl groups is 1. The summed E-state index contributed by atoms with van der Waals surface area (Å²) in [5.74, 6) is -3.06. The SMILES string of the molecule is COC(=O)C1(O)C[C@H](c2ccc(Cl)cc2)C2=C(CC(C)(C)CC2=O)O1. The highest BCUT2D eigenvalue weighted by molar-refractivity contribution is 6.30. The molecule has 1 aliphatic carbocycles. The van der Waals surface area contributed by atoms with Crippen LogP contribution in [0.25, 0.3) is 0 Å². The lowest BCUT2D eigenvalue weighted by molar-refractivity contribution is -0.223. The molecule has 1 aliphatic heterocycles. The van der Waals surface area contributed by atoms with Crippen LogP contribution in [-0.2, 0) is 19.1 Å². The molecule has 1 aromatic carbocycles. The highest BCUT2D eigenvalue weighted by atomic mass is 35.5. The molecule has 5 nitrogen and oxygen atoms in total. The van der Waals surface area contributed by atoms with Crippen molar-refractivity contribution in [3.05, 3.63) is 46.2 Å². The van der Waals surface area contributed by atoms with Crippen LogP contribution in [0.15, 0.2) is 35.6 Å². The lowest BCUT2D eigenvalue weighted by Gasteiger charge is -2.42. The second kappa shape index (κ2) is 6.15. The van der Waals surface area contributed by atoms with E-state index in [-0.39, 0.29) is 17.6 Å². The molecule has 0 amide bonds. The van der Waals surface area contributed by atoms with E-state index in [9.17, 15) is 14.7 Å². The summed E-state index contributed by atoms with van der Waals surface area (Å²) in [5.41, 5.74) is 1.04. The molecule has 0 saturated carbocycles. The van der Waals surface area contributed by atoms with Crippen LogP contribution < -0.4 is 0 Å². The molecule has 3 rings (SSSR count). The van der Waals surface area contributed by atoms with Gasteiger partial charge in [-0.25, -0.2) is 4.79 Å². The Balaban J connectivity index is 2.11. The van der Waals surface area contributed by atoms with Crippen molar-refractivity contribution in [2.24, 2.45) is 5.41 Å². The number of rotatable bonds is 2. The van der Waals surface area contributed by atoms with Crippen LogP contribution in [0.4, 0.5) is 0 Å². The van der Waals surface area contributed by atoms with Crippen molar-refractivity contribution < 1.29 is 24.2 Å². The molecule has 25 heavy (non-hydrogen) atoms. The fraction of sp³-hybridized carbons (Fsp3) is 0.474. The molecule has 0 fully saturated rings. The summed E-state index contributed by atoms with van der Waals surface area (Å²) in [4.78, 5) is 24.9. The number of hydrogen-bond donors (Lipinski definition) is 1. The first-order valence-electron chi connectivity index (χ1n) is 8.17. The second-order valence-corrected chi connectivity index (χ2v) is 7.90. The molecule has 0 saturated heterocycles. The second-order valence-electron chi connectivity index (χ2n) is 7.46. The maximum absolute atomic E-state index is 12.8. The predicted molar refractivity (Wildman–Crippen MR) is 91.9 cm³/mol. The highest BCUT2D eigenvalue weighted by Gasteiger charge is 2.52. The van der Waals surface area contributed by atoms with E-state index < -0.39 is 17.7 Å². The minimum atomic E-state index is -2.11. The van der Waals surface area contributed by atoms with Gasteiger partial charge in [0, 0.05) is 35.8 Å². The normalized spacial score (nSPS) is 28.2. The number of benzene rings is 1. The van der Waals surface area contributed by atoms with Gasteiger partial charge in [0.1, 0.15) is 5.76 Å². The van der Waals surface area contributed by atoms with Crippen molar-refractivity contribution in [2.75, 3.05) is 7.11 Å². The molecule has 0 bridgehead atoms. The number of hydrogen-bond acceptors (Lipinski definition) is 5. The van der Waals surface area contributed by atoms with Crippen molar-refractivity contribution in [3.63, 3.8) is 0 Å². The van der Waals surface area contributed by atoms with Crippen molar-refractivity contribution >= 4 is 23.4 Å². The molecule has 2 aliphatic rings. The molecule has 6 heteroatoms. The van der Waals surface area contributed by atoms with E-state index in [1.165, 1.54) is 7.11 Å². The molecule has 134 valence electrons. The van der Waals surface area contributed by atoms with Crippen LogP contribution in [0.1, 0.15) is 44.6 Å².